The fraction of sp³-hybridized carbons (Fsp3) is 0.467. The number of benzene rings is 1. The Morgan fingerprint density at radius 2 is 2.14 bits per heavy atom. The summed E-state index contributed by atoms with van der Waals surface area (Å²) in [6.07, 6.45) is 2.69. The first kappa shape index (κ1) is 14.0. The van der Waals surface area contributed by atoms with E-state index < -0.39 is 17.3 Å². The van der Waals surface area contributed by atoms with Crippen LogP contribution in [0.25, 0.3) is 0 Å². The molecular formula is C15H18FN3O2. The number of hydrogen-bond acceptors (Lipinski definition) is 3. The molecule has 1 unspecified atom stereocenters. The summed E-state index contributed by atoms with van der Waals surface area (Å²) in [5.41, 5.74) is 6.37. The lowest BCUT2D eigenvalue weighted by Gasteiger charge is -2.24. The first-order chi connectivity index (χ1) is 9.88. The van der Waals surface area contributed by atoms with E-state index in [0.717, 1.165) is 18.4 Å². The van der Waals surface area contributed by atoms with Crippen LogP contribution in [0.3, 0.4) is 0 Å². The van der Waals surface area contributed by atoms with Crippen molar-refractivity contribution in [1.29, 1.82) is 0 Å². The highest BCUT2D eigenvalue weighted by Crippen LogP contribution is 2.39. The second kappa shape index (κ2) is 4.80. The van der Waals surface area contributed by atoms with Crippen LogP contribution in [0.5, 0.6) is 0 Å². The number of rotatable bonds is 3. The molecule has 1 aliphatic carbocycles. The molecule has 2 aliphatic rings. The van der Waals surface area contributed by atoms with Crippen molar-refractivity contribution in [3.63, 3.8) is 0 Å². The highest BCUT2D eigenvalue weighted by atomic mass is 19.1. The minimum absolute atomic E-state index is 0.0540. The molecule has 6 heteroatoms. The molecule has 1 aromatic rings. The second-order valence-corrected chi connectivity index (χ2v) is 6.05. The van der Waals surface area contributed by atoms with Crippen molar-refractivity contribution in [1.82, 2.24) is 0 Å². The molecule has 1 aliphatic heterocycles. The summed E-state index contributed by atoms with van der Waals surface area (Å²) < 4.78 is 14.1. The average Bonchev–Trinajstić information content (AvgIpc) is 3.24. The van der Waals surface area contributed by atoms with E-state index in [1.165, 1.54) is 12.1 Å². The zero-order chi connectivity index (χ0) is 15.2. The Morgan fingerprint density at radius 3 is 2.81 bits per heavy atom. The van der Waals surface area contributed by atoms with E-state index in [-0.39, 0.29) is 17.5 Å². The SMILES string of the molecule is CC(N)(C(=O)Nc1cc2c(cc1F)CCC(=O)N2)C1CC1. The Kier molecular flexibility index (Phi) is 3.20. The molecule has 1 atom stereocenters. The van der Waals surface area contributed by atoms with Crippen LogP contribution in [0, 0.1) is 11.7 Å². The summed E-state index contributed by atoms with van der Waals surface area (Å²) in [4.78, 5) is 23.6. The number of anilines is 2. The van der Waals surface area contributed by atoms with Gasteiger partial charge in [-0.05, 0) is 49.8 Å². The van der Waals surface area contributed by atoms with Gasteiger partial charge in [-0.25, -0.2) is 4.39 Å². The van der Waals surface area contributed by atoms with Gasteiger partial charge in [-0.3, -0.25) is 9.59 Å². The zero-order valence-corrected chi connectivity index (χ0v) is 11.8. The third-order valence-electron chi connectivity index (χ3n) is 4.25. The number of fused-ring (bicyclic) bond motifs is 1. The maximum Gasteiger partial charge on any atom is 0.244 e. The van der Waals surface area contributed by atoms with Gasteiger partial charge in [0.05, 0.1) is 11.2 Å². The number of amides is 2. The quantitative estimate of drug-likeness (QED) is 0.793. The minimum Gasteiger partial charge on any atom is -0.326 e. The van der Waals surface area contributed by atoms with E-state index in [2.05, 4.69) is 10.6 Å². The van der Waals surface area contributed by atoms with Gasteiger partial charge in [-0.15, -0.1) is 0 Å². The van der Waals surface area contributed by atoms with Crippen molar-refractivity contribution >= 4 is 23.2 Å². The molecule has 2 amide bonds. The number of carbonyl (C=O) groups excluding carboxylic acids is 2. The summed E-state index contributed by atoms with van der Waals surface area (Å²) in [7, 11) is 0. The molecule has 1 heterocycles. The topological polar surface area (TPSA) is 84.2 Å². The number of carbonyl (C=O) groups is 2. The first-order valence-electron chi connectivity index (χ1n) is 7.10. The molecular weight excluding hydrogens is 273 g/mol. The van der Waals surface area contributed by atoms with Gasteiger partial charge in [0.25, 0.3) is 0 Å². The monoisotopic (exact) mass is 291 g/mol. The van der Waals surface area contributed by atoms with Gasteiger partial charge in [0, 0.05) is 12.1 Å². The Balaban J connectivity index is 1.84. The lowest BCUT2D eigenvalue weighted by atomic mass is 9.96. The van der Waals surface area contributed by atoms with Crippen molar-refractivity contribution in [2.75, 3.05) is 10.6 Å². The second-order valence-electron chi connectivity index (χ2n) is 6.05. The first-order valence-corrected chi connectivity index (χ1v) is 7.10. The predicted octanol–water partition coefficient (Wildman–Crippen LogP) is 1.78. The molecule has 4 N–H and O–H groups in total. The Bertz CT molecular complexity index is 624. The number of nitrogens with two attached hydrogens (primary N) is 1. The standard InChI is InChI=1S/C15H18FN3O2/c1-15(17,9-3-4-9)14(21)19-12-7-11-8(6-10(12)16)2-5-13(20)18-11/h6-7,9H,2-5,17H2,1H3,(H,18,20)(H,19,21). The third kappa shape index (κ3) is 2.63. The molecule has 5 nitrogen and oxygen atoms in total. The van der Waals surface area contributed by atoms with Gasteiger partial charge in [0.15, 0.2) is 0 Å². The highest BCUT2D eigenvalue weighted by molar-refractivity contribution is 6.00. The van der Waals surface area contributed by atoms with Gasteiger partial charge in [0.2, 0.25) is 11.8 Å². The molecule has 0 aromatic heterocycles. The minimum atomic E-state index is -0.994. The van der Waals surface area contributed by atoms with Crippen molar-refractivity contribution in [2.45, 2.75) is 38.1 Å². The van der Waals surface area contributed by atoms with Gasteiger partial charge >= 0.3 is 0 Å². The van der Waals surface area contributed by atoms with E-state index in [0.29, 0.717) is 18.5 Å². The van der Waals surface area contributed by atoms with E-state index in [1.807, 2.05) is 0 Å². The summed E-state index contributed by atoms with van der Waals surface area (Å²) in [6.45, 7) is 1.66. The van der Waals surface area contributed by atoms with Crippen LogP contribution in [0.15, 0.2) is 12.1 Å². The van der Waals surface area contributed by atoms with Gasteiger partial charge in [-0.1, -0.05) is 0 Å². The van der Waals surface area contributed by atoms with E-state index in [4.69, 9.17) is 5.73 Å². The summed E-state index contributed by atoms with van der Waals surface area (Å²) >= 11 is 0. The number of aryl methyl sites for hydroxylation is 1. The largest absolute Gasteiger partial charge is 0.326 e. The summed E-state index contributed by atoms with van der Waals surface area (Å²) in [6, 6.07) is 2.82. The van der Waals surface area contributed by atoms with Crippen molar-refractivity contribution < 1.29 is 14.0 Å². The van der Waals surface area contributed by atoms with Crippen LogP contribution in [-0.4, -0.2) is 17.4 Å². The predicted molar refractivity (Wildman–Crippen MR) is 77.3 cm³/mol. The maximum atomic E-state index is 14.1. The molecule has 3 rings (SSSR count). The van der Waals surface area contributed by atoms with Crippen LogP contribution >= 0.6 is 0 Å². The maximum absolute atomic E-state index is 14.1. The highest BCUT2D eigenvalue weighted by Gasteiger charge is 2.44. The normalized spacial score (nSPS) is 20.2. The van der Waals surface area contributed by atoms with E-state index in [9.17, 15) is 14.0 Å². The molecule has 21 heavy (non-hydrogen) atoms. The number of halogens is 1. The van der Waals surface area contributed by atoms with Crippen molar-refractivity contribution in [3.8, 4) is 0 Å². The van der Waals surface area contributed by atoms with Gasteiger partial charge in [0.1, 0.15) is 5.82 Å². The van der Waals surface area contributed by atoms with Crippen LogP contribution in [0.1, 0.15) is 31.7 Å². The Morgan fingerprint density at radius 1 is 1.43 bits per heavy atom. The van der Waals surface area contributed by atoms with E-state index in [1.54, 1.807) is 6.92 Å². The summed E-state index contributed by atoms with van der Waals surface area (Å²) in [5, 5.41) is 5.23. The molecule has 112 valence electrons. The van der Waals surface area contributed by atoms with Gasteiger partial charge < -0.3 is 16.4 Å². The van der Waals surface area contributed by atoms with E-state index >= 15 is 0 Å². The molecule has 0 spiro atoms. The number of hydrogen-bond donors (Lipinski definition) is 3. The summed E-state index contributed by atoms with van der Waals surface area (Å²) in [5.74, 6) is -0.859. The molecule has 0 radical (unpaired) electrons. The Hall–Kier alpha value is -1.95. The molecule has 1 aromatic carbocycles. The van der Waals surface area contributed by atoms with Crippen LogP contribution in [0.2, 0.25) is 0 Å². The fourth-order valence-electron chi connectivity index (χ4n) is 2.62. The third-order valence-corrected chi connectivity index (χ3v) is 4.25. The molecule has 1 fully saturated rings. The molecule has 0 bridgehead atoms. The van der Waals surface area contributed by atoms with Crippen molar-refractivity contribution in [3.05, 3.63) is 23.5 Å². The van der Waals surface area contributed by atoms with Crippen molar-refractivity contribution in [2.24, 2.45) is 11.7 Å². The van der Waals surface area contributed by atoms with Gasteiger partial charge in [-0.2, -0.15) is 0 Å². The van der Waals surface area contributed by atoms with Crippen LogP contribution in [-0.2, 0) is 16.0 Å². The average molecular weight is 291 g/mol. The van der Waals surface area contributed by atoms with Crippen LogP contribution < -0.4 is 16.4 Å². The number of nitrogens with one attached hydrogen (secondary N) is 2. The zero-order valence-electron chi connectivity index (χ0n) is 11.8. The van der Waals surface area contributed by atoms with Crippen LogP contribution in [0.4, 0.5) is 15.8 Å². The lowest BCUT2D eigenvalue weighted by molar-refractivity contribution is -0.121. The smallest absolute Gasteiger partial charge is 0.244 e. The fourth-order valence-corrected chi connectivity index (χ4v) is 2.62. The molecule has 0 saturated heterocycles. The lowest BCUT2D eigenvalue weighted by Crippen LogP contribution is -2.50. The Labute approximate surface area is 122 Å². The molecule has 1 saturated carbocycles.